The number of hydrogen-bond donors (Lipinski definition) is 3. The van der Waals surface area contributed by atoms with E-state index in [-0.39, 0.29) is 22.5 Å². The van der Waals surface area contributed by atoms with E-state index in [0.717, 1.165) is 16.8 Å². The first-order valence-corrected chi connectivity index (χ1v) is 11.0. The zero-order chi connectivity index (χ0) is 26.0. The number of aromatic nitrogens is 3. The number of nitrogens with zero attached hydrogens (tertiary/aromatic N) is 3. The summed E-state index contributed by atoms with van der Waals surface area (Å²) in [4.78, 5) is 17.0. The summed E-state index contributed by atoms with van der Waals surface area (Å²) in [6.45, 7) is 1.36. The number of amides is 1. The van der Waals surface area contributed by atoms with Crippen molar-refractivity contribution in [1.29, 1.82) is 0 Å². The normalized spacial score (nSPS) is 12.1. The molecule has 0 bridgehead atoms. The summed E-state index contributed by atoms with van der Waals surface area (Å²) in [6.07, 6.45) is 0.612. The summed E-state index contributed by atoms with van der Waals surface area (Å²) in [5, 5.41) is 16.4. The SMILES string of the molecule is Cc1c(-c2cnc(N)c(-c3ccc(C(=O)NC(CO)c4cccc(C(F)F)c4)c(F)c3)c2)cnn1C. The van der Waals surface area contributed by atoms with Gasteiger partial charge in [-0.15, -0.1) is 0 Å². The van der Waals surface area contributed by atoms with Crippen molar-refractivity contribution in [2.24, 2.45) is 7.05 Å². The Balaban J connectivity index is 1.60. The van der Waals surface area contributed by atoms with E-state index in [2.05, 4.69) is 15.4 Å². The summed E-state index contributed by atoms with van der Waals surface area (Å²) in [5.41, 5.74) is 9.25. The molecule has 1 amide bonds. The van der Waals surface area contributed by atoms with Crippen LogP contribution < -0.4 is 11.1 Å². The van der Waals surface area contributed by atoms with Crippen LogP contribution in [0.5, 0.6) is 0 Å². The number of nitrogens with two attached hydrogens (primary N) is 1. The zero-order valence-electron chi connectivity index (χ0n) is 19.5. The fourth-order valence-electron chi connectivity index (χ4n) is 3.88. The molecule has 0 spiro atoms. The van der Waals surface area contributed by atoms with Crippen molar-refractivity contribution in [2.75, 3.05) is 12.3 Å². The Bertz CT molecular complexity index is 1420. The largest absolute Gasteiger partial charge is 0.394 e. The second-order valence-corrected chi connectivity index (χ2v) is 8.30. The van der Waals surface area contributed by atoms with Gasteiger partial charge in [-0.3, -0.25) is 9.48 Å². The quantitative estimate of drug-likeness (QED) is 0.348. The topological polar surface area (TPSA) is 106 Å². The molecule has 7 nitrogen and oxygen atoms in total. The average Bonchev–Trinajstić information content (AvgIpc) is 3.20. The highest BCUT2D eigenvalue weighted by Crippen LogP contribution is 2.32. The zero-order valence-corrected chi connectivity index (χ0v) is 19.5. The van der Waals surface area contributed by atoms with Gasteiger partial charge in [0.05, 0.1) is 24.4 Å². The van der Waals surface area contributed by atoms with Crippen molar-refractivity contribution in [1.82, 2.24) is 20.1 Å². The third kappa shape index (κ3) is 4.94. The summed E-state index contributed by atoms with van der Waals surface area (Å²) < 4.78 is 42.8. The molecule has 10 heteroatoms. The number of aliphatic hydroxyl groups is 1. The molecule has 1 unspecified atom stereocenters. The molecule has 1 atom stereocenters. The fourth-order valence-corrected chi connectivity index (χ4v) is 3.88. The van der Waals surface area contributed by atoms with Crippen molar-refractivity contribution in [3.63, 3.8) is 0 Å². The number of carbonyl (C=O) groups excluding carboxylic acids is 1. The Morgan fingerprint density at radius 1 is 1.08 bits per heavy atom. The molecule has 4 N–H and O–H groups in total. The van der Waals surface area contributed by atoms with Gasteiger partial charge in [-0.05, 0) is 42.3 Å². The number of anilines is 1. The number of alkyl halides is 2. The second-order valence-electron chi connectivity index (χ2n) is 8.30. The molecule has 2 heterocycles. The molecular weight excluding hydrogens is 471 g/mol. The summed E-state index contributed by atoms with van der Waals surface area (Å²) in [7, 11) is 1.82. The van der Waals surface area contributed by atoms with Crippen molar-refractivity contribution >= 4 is 11.7 Å². The number of halogens is 3. The minimum Gasteiger partial charge on any atom is -0.394 e. The Hall–Kier alpha value is -4.18. The van der Waals surface area contributed by atoms with Gasteiger partial charge in [0.2, 0.25) is 0 Å². The van der Waals surface area contributed by atoms with Gasteiger partial charge in [0.25, 0.3) is 12.3 Å². The molecule has 0 aliphatic carbocycles. The van der Waals surface area contributed by atoms with Crippen molar-refractivity contribution in [3.05, 3.63) is 89.1 Å². The molecule has 4 rings (SSSR count). The molecule has 2 aromatic heterocycles. The second kappa shape index (κ2) is 10.2. The van der Waals surface area contributed by atoms with Gasteiger partial charge in [0.1, 0.15) is 11.6 Å². The Morgan fingerprint density at radius 2 is 1.83 bits per heavy atom. The van der Waals surface area contributed by atoms with Crippen LogP contribution >= 0.6 is 0 Å². The lowest BCUT2D eigenvalue weighted by molar-refractivity contribution is 0.0912. The number of benzene rings is 2. The maximum Gasteiger partial charge on any atom is 0.263 e. The summed E-state index contributed by atoms with van der Waals surface area (Å²) >= 11 is 0. The lowest BCUT2D eigenvalue weighted by Crippen LogP contribution is -2.31. The van der Waals surface area contributed by atoms with Crippen molar-refractivity contribution in [2.45, 2.75) is 19.4 Å². The predicted octanol–water partition coefficient (Wildman–Crippen LogP) is 4.58. The molecule has 186 valence electrons. The number of carbonyl (C=O) groups is 1. The minimum absolute atomic E-state index is 0.191. The molecule has 0 saturated heterocycles. The smallest absolute Gasteiger partial charge is 0.263 e. The highest BCUT2D eigenvalue weighted by Gasteiger charge is 2.20. The van der Waals surface area contributed by atoms with Crippen LogP contribution in [0.1, 0.15) is 39.6 Å². The first-order chi connectivity index (χ1) is 17.2. The van der Waals surface area contributed by atoms with Crippen LogP contribution in [-0.2, 0) is 7.05 Å². The Kier molecular flexibility index (Phi) is 7.07. The molecular formula is C26H24F3N5O2. The highest BCUT2D eigenvalue weighted by atomic mass is 19.3. The van der Waals surface area contributed by atoms with Crippen molar-refractivity contribution < 1.29 is 23.1 Å². The third-order valence-electron chi connectivity index (χ3n) is 6.04. The third-order valence-corrected chi connectivity index (χ3v) is 6.04. The van der Waals surface area contributed by atoms with Crippen LogP contribution in [-0.4, -0.2) is 32.4 Å². The van der Waals surface area contributed by atoms with Crippen LogP contribution in [0.15, 0.2) is 60.9 Å². The number of hydrogen-bond acceptors (Lipinski definition) is 5. The van der Waals surface area contributed by atoms with Crippen LogP contribution in [0.4, 0.5) is 19.0 Å². The van der Waals surface area contributed by atoms with Crippen LogP contribution in [0.2, 0.25) is 0 Å². The number of pyridine rings is 1. The van der Waals surface area contributed by atoms with Crippen molar-refractivity contribution in [3.8, 4) is 22.3 Å². The molecule has 0 saturated carbocycles. The first-order valence-electron chi connectivity index (χ1n) is 11.0. The van der Waals surface area contributed by atoms with E-state index >= 15 is 4.39 Å². The molecule has 4 aromatic rings. The van der Waals surface area contributed by atoms with Crippen LogP contribution in [0.25, 0.3) is 22.3 Å². The lowest BCUT2D eigenvalue weighted by Gasteiger charge is -2.18. The van der Waals surface area contributed by atoms with E-state index in [0.29, 0.717) is 11.1 Å². The van der Waals surface area contributed by atoms with E-state index in [1.54, 1.807) is 23.1 Å². The Labute approximate surface area is 205 Å². The number of nitrogen functional groups attached to an aromatic ring is 1. The van der Waals surface area contributed by atoms with E-state index in [9.17, 15) is 18.7 Å². The van der Waals surface area contributed by atoms with E-state index in [1.165, 1.54) is 42.5 Å². The van der Waals surface area contributed by atoms with Gasteiger partial charge in [-0.25, -0.2) is 18.2 Å². The molecule has 0 fully saturated rings. The Morgan fingerprint density at radius 3 is 2.47 bits per heavy atom. The van der Waals surface area contributed by atoms with E-state index < -0.39 is 30.8 Å². The van der Waals surface area contributed by atoms with Gasteiger partial charge in [-0.1, -0.05) is 24.3 Å². The standard InChI is InChI=1S/C26H24F3N5O2/c1-14-21(12-32-34(14)2)18-9-20(25(30)31-11-18)15-6-7-19(22(27)10-15)26(36)33-23(13-35)16-4-3-5-17(8-16)24(28)29/h3-12,23-24,35H,13H2,1-2H3,(H2,30,31)(H,33,36). The number of nitrogens with one attached hydrogen (secondary N) is 1. The van der Waals surface area contributed by atoms with Gasteiger partial charge >= 0.3 is 0 Å². The lowest BCUT2D eigenvalue weighted by atomic mass is 9.99. The maximum atomic E-state index is 15.0. The van der Waals surface area contributed by atoms with E-state index in [4.69, 9.17) is 5.73 Å². The first kappa shape index (κ1) is 24.9. The average molecular weight is 496 g/mol. The molecule has 2 aromatic carbocycles. The number of aliphatic hydroxyl groups excluding tert-OH is 1. The highest BCUT2D eigenvalue weighted by molar-refractivity contribution is 5.95. The van der Waals surface area contributed by atoms with Crippen LogP contribution in [0.3, 0.4) is 0 Å². The van der Waals surface area contributed by atoms with Gasteiger partial charge < -0.3 is 16.2 Å². The van der Waals surface area contributed by atoms with Gasteiger partial charge in [0.15, 0.2) is 0 Å². The van der Waals surface area contributed by atoms with Gasteiger partial charge in [-0.2, -0.15) is 5.10 Å². The summed E-state index contributed by atoms with van der Waals surface area (Å²) in [6, 6.07) is 10.1. The van der Waals surface area contributed by atoms with Gasteiger partial charge in [0, 0.05) is 41.2 Å². The molecule has 0 aliphatic rings. The predicted molar refractivity (Wildman–Crippen MR) is 130 cm³/mol. The number of aryl methyl sites for hydroxylation is 1. The fraction of sp³-hybridized carbons (Fsp3) is 0.192. The summed E-state index contributed by atoms with van der Waals surface area (Å²) in [5.74, 6) is -1.42. The number of rotatable bonds is 7. The molecule has 36 heavy (non-hydrogen) atoms. The van der Waals surface area contributed by atoms with Crippen LogP contribution in [0, 0.1) is 12.7 Å². The van der Waals surface area contributed by atoms with E-state index in [1.807, 2.05) is 14.0 Å². The maximum absolute atomic E-state index is 15.0. The minimum atomic E-state index is -2.70. The molecule has 0 radical (unpaired) electrons. The monoisotopic (exact) mass is 495 g/mol. The molecule has 0 aliphatic heterocycles.